The Hall–Kier alpha value is -2.16. The Morgan fingerprint density at radius 1 is 1.48 bits per heavy atom. The van der Waals surface area contributed by atoms with Gasteiger partial charge in [-0.3, -0.25) is 4.79 Å². The fourth-order valence-corrected chi connectivity index (χ4v) is 4.42. The largest absolute Gasteiger partial charge is 0.317 e. The maximum absolute atomic E-state index is 12.5. The van der Waals surface area contributed by atoms with E-state index in [1.807, 2.05) is 0 Å². The van der Waals surface area contributed by atoms with Gasteiger partial charge in [0, 0.05) is 17.8 Å². The van der Waals surface area contributed by atoms with Gasteiger partial charge in [0.25, 0.3) is 0 Å². The molecule has 1 atom stereocenters. The summed E-state index contributed by atoms with van der Waals surface area (Å²) in [7, 11) is 0. The second kappa shape index (κ2) is 7.81. The minimum absolute atomic E-state index is 0.0301. The number of carbonyl (C=O) groups is 1. The minimum atomic E-state index is -0.0301. The molecule has 0 spiro atoms. The normalized spacial score (nSPS) is 14.4. The van der Waals surface area contributed by atoms with Gasteiger partial charge in [-0.05, 0) is 42.0 Å². The highest BCUT2D eigenvalue weighted by Crippen LogP contribution is 2.35. The first-order chi connectivity index (χ1) is 12.1. The van der Waals surface area contributed by atoms with Crippen LogP contribution in [-0.4, -0.2) is 12.5 Å². The Morgan fingerprint density at radius 3 is 3.08 bits per heavy atom. The van der Waals surface area contributed by atoms with Crippen molar-refractivity contribution in [3.05, 3.63) is 51.4 Å². The Labute approximate surface area is 152 Å². The zero-order valence-corrected chi connectivity index (χ0v) is 15.5. The molecule has 1 aromatic heterocycles. The van der Waals surface area contributed by atoms with Gasteiger partial charge in [0.05, 0.1) is 5.56 Å². The molecular formula is C20H23N3OS. The van der Waals surface area contributed by atoms with Crippen LogP contribution in [0.1, 0.15) is 53.3 Å². The summed E-state index contributed by atoms with van der Waals surface area (Å²) >= 11 is 1.53. The number of thiophene rings is 1. The number of nitrogens with one attached hydrogen (secondary N) is 2. The third-order valence-corrected chi connectivity index (χ3v) is 5.86. The maximum Gasteiger partial charge on any atom is 0.225 e. The van der Waals surface area contributed by atoms with E-state index >= 15 is 0 Å². The Morgan fingerprint density at radius 2 is 2.32 bits per heavy atom. The Kier molecular flexibility index (Phi) is 5.52. The summed E-state index contributed by atoms with van der Waals surface area (Å²) in [5.74, 6) is 0.116. The summed E-state index contributed by atoms with van der Waals surface area (Å²) in [5, 5.41) is 16.5. The molecule has 0 fully saturated rings. The number of aryl methyl sites for hydroxylation is 1. The fraction of sp³-hybridized carbons (Fsp3) is 0.400. The topological polar surface area (TPSA) is 64.9 Å². The van der Waals surface area contributed by atoms with Gasteiger partial charge in [-0.1, -0.05) is 38.1 Å². The zero-order valence-electron chi connectivity index (χ0n) is 14.7. The first-order valence-corrected chi connectivity index (χ1v) is 9.58. The number of rotatable bonds is 5. The Balaban J connectivity index is 1.70. The highest BCUT2D eigenvalue weighted by Gasteiger charge is 2.22. The summed E-state index contributed by atoms with van der Waals surface area (Å²) in [5.41, 5.74) is 4.22. The van der Waals surface area contributed by atoms with E-state index in [-0.39, 0.29) is 11.8 Å². The first kappa shape index (κ1) is 17.7. The lowest BCUT2D eigenvalue weighted by Crippen LogP contribution is -2.22. The Bertz CT molecular complexity index is 819. The van der Waals surface area contributed by atoms with Gasteiger partial charge < -0.3 is 10.6 Å². The van der Waals surface area contributed by atoms with E-state index in [0.717, 1.165) is 31.5 Å². The third kappa shape index (κ3) is 3.92. The molecule has 1 aliphatic rings. The van der Waals surface area contributed by atoms with Gasteiger partial charge in [0.2, 0.25) is 5.91 Å². The van der Waals surface area contributed by atoms with Gasteiger partial charge in [0.1, 0.15) is 11.1 Å². The van der Waals surface area contributed by atoms with E-state index in [4.69, 9.17) is 0 Å². The average Bonchev–Trinajstić information content (AvgIpc) is 2.98. The number of amides is 1. The summed E-state index contributed by atoms with van der Waals surface area (Å²) in [6.45, 7) is 5.87. The molecule has 1 aliphatic heterocycles. The number of nitrogens with zero attached hydrogens (tertiary/aromatic N) is 1. The van der Waals surface area contributed by atoms with E-state index in [0.29, 0.717) is 17.0 Å². The lowest BCUT2D eigenvalue weighted by Gasteiger charge is -2.13. The highest BCUT2D eigenvalue weighted by atomic mass is 32.1. The van der Waals surface area contributed by atoms with Crippen molar-refractivity contribution >= 4 is 22.2 Å². The number of fused-ring (bicyclic) bond motifs is 1. The van der Waals surface area contributed by atoms with E-state index in [2.05, 4.69) is 54.8 Å². The van der Waals surface area contributed by atoms with Crippen LogP contribution in [0.3, 0.4) is 0 Å². The van der Waals surface area contributed by atoms with E-state index < -0.39 is 0 Å². The quantitative estimate of drug-likeness (QED) is 0.855. The molecule has 2 N–H and O–H groups in total. The number of hydrogen-bond acceptors (Lipinski definition) is 4. The molecule has 1 amide bonds. The number of nitriles is 1. The van der Waals surface area contributed by atoms with E-state index in [1.165, 1.54) is 27.3 Å². The SMILES string of the molecule is CCc1cccc([C@@H](C)CC(=O)Nc2sc3c(c2C#N)CCNC3)c1. The molecule has 1 aromatic carbocycles. The smallest absolute Gasteiger partial charge is 0.225 e. The van der Waals surface area contributed by atoms with Crippen molar-refractivity contribution in [2.75, 3.05) is 11.9 Å². The first-order valence-electron chi connectivity index (χ1n) is 8.76. The van der Waals surface area contributed by atoms with Crippen molar-refractivity contribution < 1.29 is 4.79 Å². The van der Waals surface area contributed by atoms with E-state index in [1.54, 1.807) is 0 Å². The zero-order chi connectivity index (χ0) is 17.8. The fourth-order valence-electron chi connectivity index (χ4n) is 3.23. The summed E-state index contributed by atoms with van der Waals surface area (Å²) < 4.78 is 0. The van der Waals surface area contributed by atoms with Gasteiger partial charge in [0.15, 0.2) is 0 Å². The number of benzene rings is 1. The van der Waals surface area contributed by atoms with Crippen molar-refractivity contribution in [3.63, 3.8) is 0 Å². The van der Waals surface area contributed by atoms with Gasteiger partial charge in [-0.25, -0.2) is 0 Å². The van der Waals surface area contributed by atoms with Gasteiger partial charge in [-0.2, -0.15) is 5.26 Å². The summed E-state index contributed by atoms with van der Waals surface area (Å²) in [4.78, 5) is 13.7. The lowest BCUT2D eigenvalue weighted by molar-refractivity contribution is -0.116. The molecular weight excluding hydrogens is 330 g/mol. The summed E-state index contributed by atoms with van der Waals surface area (Å²) in [6, 6.07) is 10.7. The highest BCUT2D eigenvalue weighted by molar-refractivity contribution is 7.16. The van der Waals surface area contributed by atoms with Crippen LogP contribution in [0, 0.1) is 11.3 Å². The molecule has 25 heavy (non-hydrogen) atoms. The van der Waals surface area contributed by atoms with E-state index in [9.17, 15) is 10.1 Å². The summed E-state index contributed by atoms with van der Waals surface area (Å²) in [6.07, 6.45) is 2.26. The molecule has 130 valence electrons. The monoisotopic (exact) mass is 353 g/mol. The average molecular weight is 353 g/mol. The van der Waals surface area contributed by atoms with Crippen LogP contribution in [0.2, 0.25) is 0 Å². The van der Waals surface area contributed by atoms with Gasteiger partial charge >= 0.3 is 0 Å². The second-order valence-corrected chi connectivity index (χ2v) is 7.60. The molecule has 5 heteroatoms. The molecule has 0 bridgehead atoms. The minimum Gasteiger partial charge on any atom is -0.317 e. The number of anilines is 1. The second-order valence-electron chi connectivity index (χ2n) is 6.50. The standard InChI is InChI=1S/C20H23N3OS/c1-3-14-5-4-6-15(10-14)13(2)9-19(24)23-20-17(11-21)16-7-8-22-12-18(16)25-20/h4-6,10,13,22H,3,7-9,12H2,1-2H3,(H,23,24)/t13-/m0/s1. The van der Waals surface area contributed by atoms with Crippen molar-refractivity contribution in [2.24, 2.45) is 0 Å². The predicted molar refractivity (Wildman–Crippen MR) is 102 cm³/mol. The molecule has 4 nitrogen and oxygen atoms in total. The number of hydrogen-bond donors (Lipinski definition) is 2. The molecule has 0 aliphatic carbocycles. The van der Waals surface area contributed by atoms with Crippen LogP contribution < -0.4 is 10.6 Å². The third-order valence-electron chi connectivity index (χ3n) is 4.71. The van der Waals surface area contributed by atoms with Crippen LogP contribution in [0.25, 0.3) is 0 Å². The van der Waals surface area contributed by atoms with Gasteiger partial charge in [-0.15, -0.1) is 11.3 Å². The predicted octanol–water partition coefficient (Wildman–Crippen LogP) is 3.96. The van der Waals surface area contributed by atoms with Crippen molar-refractivity contribution in [1.82, 2.24) is 5.32 Å². The molecule has 2 aromatic rings. The van der Waals surface area contributed by atoms with Crippen molar-refractivity contribution in [2.45, 2.75) is 45.6 Å². The molecule has 0 saturated heterocycles. The van der Waals surface area contributed by atoms with Crippen molar-refractivity contribution in [1.29, 1.82) is 5.26 Å². The molecule has 0 unspecified atom stereocenters. The molecule has 0 saturated carbocycles. The van der Waals surface area contributed by atoms with Crippen LogP contribution >= 0.6 is 11.3 Å². The van der Waals surface area contributed by atoms with Crippen LogP contribution in [-0.2, 0) is 24.2 Å². The lowest BCUT2D eigenvalue weighted by atomic mass is 9.95. The number of carbonyl (C=O) groups excluding carboxylic acids is 1. The molecule has 3 rings (SSSR count). The van der Waals surface area contributed by atoms with Crippen LogP contribution in [0.5, 0.6) is 0 Å². The molecule has 0 radical (unpaired) electrons. The van der Waals surface area contributed by atoms with Crippen molar-refractivity contribution in [3.8, 4) is 6.07 Å². The van der Waals surface area contributed by atoms with Crippen LogP contribution in [0.15, 0.2) is 24.3 Å². The maximum atomic E-state index is 12.5. The van der Waals surface area contributed by atoms with Crippen LogP contribution in [0.4, 0.5) is 5.00 Å². The molecule has 2 heterocycles.